The van der Waals surface area contributed by atoms with E-state index >= 15 is 0 Å². The third kappa shape index (κ3) is 3.82. The van der Waals surface area contributed by atoms with Crippen molar-refractivity contribution in [1.82, 2.24) is 14.7 Å². The molecule has 1 amide bonds. The van der Waals surface area contributed by atoms with Gasteiger partial charge in [-0.05, 0) is 51.2 Å². The maximum atomic E-state index is 13.8. The van der Waals surface area contributed by atoms with Crippen LogP contribution in [0, 0.1) is 5.92 Å². The molecule has 150 valence electrons. The molecule has 1 aliphatic rings. The van der Waals surface area contributed by atoms with Crippen molar-refractivity contribution < 1.29 is 4.79 Å². The first-order chi connectivity index (χ1) is 14.0. The monoisotopic (exact) mass is 389 g/mol. The number of carbonyl (C=O) groups is 1. The first-order valence-corrected chi connectivity index (χ1v) is 10.3. The summed E-state index contributed by atoms with van der Waals surface area (Å²) >= 11 is 0. The van der Waals surface area contributed by atoms with Gasteiger partial charge in [0, 0.05) is 18.0 Å². The minimum atomic E-state index is -0.156. The molecule has 1 atom stereocenters. The number of carbonyl (C=O) groups excluding carboxylic acids is 1. The van der Waals surface area contributed by atoms with Crippen LogP contribution < -0.4 is 5.56 Å². The minimum Gasteiger partial charge on any atom is -0.330 e. The number of amides is 1. The zero-order valence-electron chi connectivity index (χ0n) is 17.2. The van der Waals surface area contributed by atoms with Crippen molar-refractivity contribution in [2.45, 2.75) is 52.2 Å². The zero-order chi connectivity index (χ0) is 20.5. The fourth-order valence-corrected chi connectivity index (χ4v) is 3.86. The largest absolute Gasteiger partial charge is 0.330 e. The van der Waals surface area contributed by atoms with Crippen molar-refractivity contribution in [2.24, 2.45) is 5.92 Å². The molecule has 0 N–H and O–H groups in total. The Kier molecular flexibility index (Phi) is 5.22. The van der Waals surface area contributed by atoms with E-state index in [1.165, 1.54) is 4.68 Å². The normalized spacial score (nSPS) is 14.9. The highest BCUT2D eigenvalue weighted by atomic mass is 16.2. The standard InChI is InChI=1S/C24H27N3O2/c1-16(2)27-23(28)21-12-8-7-11-20(21)22(25-27)24(29)26(17(3)19-13-14-19)15-18-9-5-4-6-10-18/h4-12,16-17,19H,13-15H2,1-3H3. The summed E-state index contributed by atoms with van der Waals surface area (Å²) in [5, 5.41) is 5.70. The summed E-state index contributed by atoms with van der Waals surface area (Å²) in [7, 11) is 0. The van der Waals surface area contributed by atoms with E-state index in [0.29, 0.717) is 28.9 Å². The predicted molar refractivity (Wildman–Crippen MR) is 115 cm³/mol. The van der Waals surface area contributed by atoms with Crippen LogP contribution in [0.3, 0.4) is 0 Å². The van der Waals surface area contributed by atoms with Gasteiger partial charge in [0.15, 0.2) is 5.69 Å². The van der Waals surface area contributed by atoms with E-state index < -0.39 is 0 Å². The highest BCUT2D eigenvalue weighted by molar-refractivity contribution is 6.04. The molecule has 5 nitrogen and oxygen atoms in total. The van der Waals surface area contributed by atoms with E-state index in [0.717, 1.165) is 18.4 Å². The Hall–Kier alpha value is -2.95. The molecule has 1 heterocycles. The third-order valence-corrected chi connectivity index (χ3v) is 5.77. The van der Waals surface area contributed by atoms with Crippen LogP contribution in [0.2, 0.25) is 0 Å². The van der Waals surface area contributed by atoms with Gasteiger partial charge in [0.2, 0.25) is 0 Å². The number of aromatic nitrogens is 2. The van der Waals surface area contributed by atoms with Crippen molar-refractivity contribution in [3.63, 3.8) is 0 Å². The van der Waals surface area contributed by atoms with Gasteiger partial charge in [-0.25, -0.2) is 4.68 Å². The molecule has 0 radical (unpaired) electrons. The van der Waals surface area contributed by atoms with Crippen molar-refractivity contribution >= 4 is 16.7 Å². The molecule has 1 aliphatic carbocycles. The Balaban J connectivity index is 1.82. The smallest absolute Gasteiger partial charge is 0.275 e. The molecule has 0 bridgehead atoms. The zero-order valence-corrected chi connectivity index (χ0v) is 17.2. The Morgan fingerprint density at radius 2 is 1.66 bits per heavy atom. The van der Waals surface area contributed by atoms with Gasteiger partial charge in [-0.15, -0.1) is 0 Å². The summed E-state index contributed by atoms with van der Waals surface area (Å²) in [5.41, 5.74) is 1.30. The second kappa shape index (κ2) is 7.82. The summed E-state index contributed by atoms with van der Waals surface area (Å²) in [6, 6.07) is 17.3. The van der Waals surface area contributed by atoms with E-state index in [-0.39, 0.29) is 23.6 Å². The van der Waals surface area contributed by atoms with Gasteiger partial charge in [0.25, 0.3) is 11.5 Å². The Labute approximate surface area is 171 Å². The number of hydrogen-bond donors (Lipinski definition) is 0. The van der Waals surface area contributed by atoms with Crippen LogP contribution in [0.5, 0.6) is 0 Å². The van der Waals surface area contributed by atoms with Crippen LogP contribution in [0.25, 0.3) is 10.8 Å². The van der Waals surface area contributed by atoms with E-state index in [4.69, 9.17) is 0 Å². The average Bonchev–Trinajstić information content (AvgIpc) is 3.57. The Bertz CT molecular complexity index is 1080. The lowest BCUT2D eigenvalue weighted by atomic mass is 10.1. The number of fused-ring (bicyclic) bond motifs is 1. The average molecular weight is 389 g/mol. The molecule has 4 rings (SSSR count). The minimum absolute atomic E-state index is 0.112. The quantitative estimate of drug-likeness (QED) is 0.627. The van der Waals surface area contributed by atoms with Crippen LogP contribution in [0.1, 0.15) is 55.7 Å². The molecule has 0 saturated heterocycles. The van der Waals surface area contributed by atoms with E-state index in [1.54, 1.807) is 6.07 Å². The van der Waals surface area contributed by atoms with Crippen LogP contribution >= 0.6 is 0 Å². The summed E-state index contributed by atoms with van der Waals surface area (Å²) < 4.78 is 1.43. The molecule has 1 aromatic heterocycles. The molecule has 3 aromatic rings. The summed E-state index contributed by atoms with van der Waals surface area (Å²) in [5.74, 6) is 0.420. The maximum absolute atomic E-state index is 13.8. The van der Waals surface area contributed by atoms with Gasteiger partial charge in [-0.2, -0.15) is 5.10 Å². The van der Waals surface area contributed by atoms with Gasteiger partial charge in [0.05, 0.1) is 11.4 Å². The number of nitrogens with zero attached hydrogens (tertiary/aromatic N) is 3. The van der Waals surface area contributed by atoms with Gasteiger partial charge in [0.1, 0.15) is 0 Å². The Morgan fingerprint density at radius 3 is 2.28 bits per heavy atom. The first kappa shape index (κ1) is 19.4. The van der Waals surface area contributed by atoms with Crippen molar-refractivity contribution in [3.8, 4) is 0 Å². The second-order valence-corrected chi connectivity index (χ2v) is 8.23. The molecule has 5 heteroatoms. The lowest BCUT2D eigenvalue weighted by Gasteiger charge is -2.30. The molecule has 0 aliphatic heterocycles. The van der Waals surface area contributed by atoms with Crippen molar-refractivity contribution in [1.29, 1.82) is 0 Å². The molecular weight excluding hydrogens is 362 g/mol. The summed E-state index contributed by atoms with van der Waals surface area (Å²) in [6.45, 7) is 6.48. The van der Waals surface area contributed by atoms with Crippen molar-refractivity contribution in [2.75, 3.05) is 0 Å². The lowest BCUT2D eigenvalue weighted by molar-refractivity contribution is 0.0647. The number of rotatable bonds is 6. The molecule has 0 spiro atoms. The fourth-order valence-electron chi connectivity index (χ4n) is 3.86. The molecule has 1 saturated carbocycles. The third-order valence-electron chi connectivity index (χ3n) is 5.77. The topological polar surface area (TPSA) is 55.2 Å². The predicted octanol–water partition coefficient (Wildman–Crippen LogP) is 4.42. The van der Waals surface area contributed by atoms with Gasteiger partial charge in [-0.1, -0.05) is 48.5 Å². The van der Waals surface area contributed by atoms with Crippen molar-refractivity contribution in [3.05, 3.63) is 76.2 Å². The number of hydrogen-bond acceptors (Lipinski definition) is 3. The van der Waals surface area contributed by atoms with E-state index in [2.05, 4.69) is 12.0 Å². The van der Waals surface area contributed by atoms with Crippen LogP contribution in [-0.4, -0.2) is 26.6 Å². The van der Waals surface area contributed by atoms with Crippen LogP contribution in [0.4, 0.5) is 0 Å². The maximum Gasteiger partial charge on any atom is 0.275 e. The highest BCUT2D eigenvalue weighted by Gasteiger charge is 2.36. The molecule has 1 fully saturated rings. The second-order valence-electron chi connectivity index (χ2n) is 8.23. The van der Waals surface area contributed by atoms with Crippen LogP contribution in [-0.2, 0) is 6.54 Å². The molecule has 2 aromatic carbocycles. The summed E-state index contributed by atoms with van der Waals surface area (Å²) in [4.78, 5) is 28.5. The fraction of sp³-hybridized carbons (Fsp3) is 0.375. The first-order valence-electron chi connectivity index (χ1n) is 10.3. The summed E-state index contributed by atoms with van der Waals surface area (Å²) in [6.07, 6.45) is 2.30. The molecule has 29 heavy (non-hydrogen) atoms. The van der Waals surface area contributed by atoms with E-state index in [9.17, 15) is 9.59 Å². The SMILES string of the molecule is CC(C1CC1)N(Cc1ccccc1)C(=O)c1nn(C(C)C)c(=O)c2ccccc12. The van der Waals surface area contributed by atoms with Gasteiger partial charge in [-0.3, -0.25) is 9.59 Å². The lowest BCUT2D eigenvalue weighted by Crippen LogP contribution is -2.41. The molecular formula is C24H27N3O2. The number of benzene rings is 2. The van der Waals surface area contributed by atoms with Gasteiger partial charge >= 0.3 is 0 Å². The highest BCUT2D eigenvalue weighted by Crippen LogP contribution is 2.36. The van der Waals surface area contributed by atoms with Gasteiger partial charge < -0.3 is 4.90 Å². The molecule has 1 unspecified atom stereocenters. The Morgan fingerprint density at radius 1 is 1.03 bits per heavy atom. The van der Waals surface area contributed by atoms with Crippen LogP contribution in [0.15, 0.2) is 59.4 Å². The van der Waals surface area contributed by atoms with E-state index in [1.807, 2.05) is 67.3 Å².